The Balaban J connectivity index is 2.00. The molecule has 0 atom stereocenters. The van der Waals surface area contributed by atoms with Gasteiger partial charge in [-0.25, -0.2) is 0 Å². The summed E-state index contributed by atoms with van der Waals surface area (Å²) in [5.41, 5.74) is 0. The molecule has 0 amide bonds. The Morgan fingerprint density at radius 1 is 1.36 bits per heavy atom. The molecule has 1 aliphatic rings. The molecule has 0 N–H and O–H groups in total. The van der Waals surface area contributed by atoms with Gasteiger partial charge in [-0.05, 0) is 12.8 Å². The summed E-state index contributed by atoms with van der Waals surface area (Å²) in [6.07, 6.45) is 1.86. The van der Waals surface area contributed by atoms with Gasteiger partial charge in [0, 0.05) is 13.2 Å². The van der Waals surface area contributed by atoms with Crippen LogP contribution >= 0.6 is 0 Å². The van der Waals surface area contributed by atoms with Crippen molar-refractivity contribution in [1.82, 2.24) is 0 Å². The van der Waals surface area contributed by atoms with Gasteiger partial charge < -0.3 is 14.2 Å². The molecule has 0 aromatic rings. The molecule has 0 aliphatic carbocycles. The zero-order valence-electron chi connectivity index (χ0n) is 6.19. The van der Waals surface area contributed by atoms with Crippen LogP contribution in [0.1, 0.15) is 12.8 Å². The van der Waals surface area contributed by atoms with Gasteiger partial charge in [-0.1, -0.05) is 0 Å². The summed E-state index contributed by atoms with van der Waals surface area (Å²) in [7, 11) is 0. The number of rotatable bonds is 4. The molecule has 0 saturated carbocycles. The van der Waals surface area contributed by atoms with E-state index in [1.165, 1.54) is 0 Å². The predicted molar refractivity (Wildman–Crippen MR) is 36.4 cm³/mol. The molecule has 4 nitrogen and oxygen atoms in total. The number of carbonyl (C=O) groups is 1. The van der Waals surface area contributed by atoms with Gasteiger partial charge in [0.15, 0.2) is 0 Å². The van der Waals surface area contributed by atoms with Crippen LogP contribution in [-0.4, -0.2) is 25.8 Å². The lowest BCUT2D eigenvalue weighted by Gasteiger charge is -2.20. The first-order valence-corrected chi connectivity index (χ1v) is 3.57. The van der Waals surface area contributed by atoms with Crippen LogP contribution in [0.25, 0.3) is 0 Å². The fraction of sp³-hybridized carbons (Fsp3) is 0.714. The van der Waals surface area contributed by atoms with E-state index >= 15 is 0 Å². The van der Waals surface area contributed by atoms with E-state index in [2.05, 4.69) is 4.74 Å². The average Bonchev–Trinajstić information content (AvgIpc) is 2.07. The molecule has 1 aliphatic heterocycles. The van der Waals surface area contributed by atoms with Gasteiger partial charge in [-0.15, -0.1) is 0 Å². The van der Waals surface area contributed by atoms with Crippen LogP contribution in [0.15, 0.2) is 0 Å². The lowest BCUT2D eigenvalue weighted by Crippen LogP contribution is -2.22. The molecule has 1 radical (unpaired) electrons. The van der Waals surface area contributed by atoms with Crippen LogP contribution in [0.3, 0.4) is 0 Å². The molecular formula is C7H11O4. The standard InChI is InChI=1S/C7H11O4/c8-5-10-6-11-7-1-3-9-4-2-7/h5-7H,1-4H2. The molecule has 0 spiro atoms. The van der Waals surface area contributed by atoms with Gasteiger partial charge in [-0.2, -0.15) is 0 Å². The fourth-order valence-corrected chi connectivity index (χ4v) is 0.945. The van der Waals surface area contributed by atoms with Crippen molar-refractivity contribution in [3.05, 3.63) is 6.79 Å². The van der Waals surface area contributed by atoms with Crippen LogP contribution < -0.4 is 0 Å². The summed E-state index contributed by atoms with van der Waals surface area (Å²) in [6.45, 7) is 2.85. The highest BCUT2D eigenvalue weighted by atomic mass is 16.7. The van der Waals surface area contributed by atoms with Crippen LogP contribution in [0, 0.1) is 6.79 Å². The molecule has 1 fully saturated rings. The van der Waals surface area contributed by atoms with Gasteiger partial charge in [-0.3, -0.25) is 4.79 Å². The summed E-state index contributed by atoms with van der Waals surface area (Å²) < 4.78 is 14.4. The SMILES string of the molecule is O=CO[CH]OC1CCOCC1. The van der Waals surface area contributed by atoms with Crippen molar-refractivity contribution in [3.63, 3.8) is 0 Å². The van der Waals surface area contributed by atoms with E-state index in [9.17, 15) is 4.79 Å². The Morgan fingerprint density at radius 2 is 2.09 bits per heavy atom. The van der Waals surface area contributed by atoms with E-state index in [1.807, 2.05) is 0 Å². The number of hydrogen-bond acceptors (Lipinski definition) is 4. The van der Waals surface area contributed by atoms with Gasteiger partial charge in [0.2, 0.25) is 0 Å². The summed E-state index contributed by atoms with van der Waals surface area (Å²) in [4.78, 5) is 9.69. The second-order valence-corrected chi connectivity index (χ2v) is 2.28. The van der Waals surface area contributed by atoms with Crippen LogP contribution in [0.5, 0.6) is 0 Å². The minimum Gasteiger partial charge on any atom is -0.431 e. The normalized spacial score (nSPS) is 19.6. The van der Waals surface area contributed by atoms with E-state index in [0.717, 1.165) is 32.8 Å². The van der Waals surface area contributed by atoms with Crippen molar-refractivity contribution < 1.29 is 19.0 Å². The maximum atomic E-state index is 9.69. The zero-order valence-corrected chi connectivity index (χ0v) is 6.19. The van der Waals surface area contributed by atoms with E-state index in [-0.39, 0.29) is 6.10 Å². The maximum absolute atomic E-state index is 9.69. The molecule has 0 aromatic carbocycles. The first-order chi connectivity index (χ1) is 5.43. The Kier molecular flexibility index (Phi) is 3.93. The van der Waals surface area contributed by atoms with Crippen molar-refractivity contribution in [2.45, 2.75) is 18.9 Å². The van der Waals surface area contributed by atoms with Crippen molar-refractivity contribution >= 4 is 6.47 Å². The quantitative estimate of drug-likeness (QED) is 0.442. The second kappa shape index (κ2) is 5.09. The summed E-state index contributed by atoms with van der Waals surface area (Å²) in [5.74, 6) is 0. The van der Waals surface area contributed by atoms with Crippen molar-refractivity contribution in [1.29, 1.82) is 0 Å². The molecule has 0 aromatic heterocycles. The molecule has 0 unspecified atom stereocenters. The van der Waals surface area contributed by atoms with Crippen LogP contribution in [0.2, 0.25) is 0 Å². The Labute approximate surface area is 65.4 Å². The predicted octanol–water partition coefficient (Wildman–Crippen LogP) is 0.474. The fourth-order valence-electron chi connectivity index (χ4n) is 0.945. The summed E-state index contributed by atoms with van der Waals surface area (Å²) in [6, 6.07) is 0. The van der Waals surface area contributed by atoms with Crippen molar-refractivity contribution in [2.75, 3.05) is 13.2 Å². The number of carbonyl (C=O) groups excluding carboxylic acids is 1. The molecule has 1 rings (SSSR count). The smallest absolute Gasteiger partial charge is 0.295 e. The molecule has 1 saturated heterocycles. The highest BCUT2D eigenvalue weighted by molar-refractivity contribution is 5.37. The Hall–Kier alpha value is -0.610. The monoisotopic (exact) mass is 159 g/mol. The van der Waals surface area contributed by atoms with E-state index in [0.29, 0.717) is 6.47 Å². The molecule has 1 heterocycles. The van der Waals surface area contributed by atoms with Crippen LogP contribution in [0.4, 0.5) is 0 Å². The molecule has 11 heavy (non-hydrogen) atoms. The Morgan fingerprint density at radius 3 is 2.73 bits per heavy atom. The minimum atomic E-state index is 0.142. The molecular weight excluding hydrogens is 148 g/mol. The van der Waals surface area contributed by atoms with Crippen molar-refractivity contribution in [2.24, 2.45) is 0 Å². The largest absolute Gasteiger partial charge is 0.431 e. The second-order valence-electron chi connectivity index (χ2n) is 2.28. The summed E-state index contributed by atoms with van der Waals surface area (Å²) in [5, 5.41) is 0. The van der Waals surface area contributed by atoms with E-state index in [4.69, 9.17) is 9.47 Å². The number of hydrogen-bond donors (Lipinski definition) is 0. The number of ether oxygens (including phenoxy) is 3. The first kappa shape index (κ1) is 8.49. The molecule has 63 valence electrons. The Bertz CT molecular complexity index is 109. The average molecular weight is 159 g/mol. The highest BCUT2D eigenvalue weighted by Gasteiger charge is 2.13. The molecule has 4 heteroatoms. The molecule has 0 bridgehead atoms. The maximum Gasteiger partial charge on any atom is 0.295 e. The lowest BCUT2D eigenvalue weighted by molar-refractivity contribution is -0.135. The topological polar surface area (TPSA) is 44.8 Å². The van der Waals surface area contributed by atoms with E-state index in [1.54, 1.807) is 0 Å². The third kappa shape index (κ3) is 3.34. The third-order valence-electron chi connectivity index (χ3n) is 1.53. The highest BCUT2D eigenvalue weighted by Crippen LogP contribution is 2.11. The van der Waals surface area contributed by atoms with Crippen LogP contribution in [-0.2, 0) is 19.0 Å². The first-order valence-electron chi connectivity index (χ1n) is 3.57. The lowest BCUT2D eigenvalue weighted by atomic mass is 10.2. The zero-order chi connectivity index (χ0) is 7.94. The van der Waals surface area contributed by atoms with Gasteiger partial charge in [0.25, 0.3) is 13.3 Å². The third-order valence-corrected chi connectivity index (χ3v) is 1.53. The van der Waals surface area contributed by atoms with Gasteiger partial charge in [0.1, 0.15) is 0 Å². The van der Waals surface area contributed by atoms with Crippen molar-refractivity contribution in [3.8, 4) is 0 Å². The van der Waals surface area contributed by atoms with Gasteiger partial charge in [0.05, 0.1) is 6.10 Å². The van der Waals surface area contributed by atoms with Gasteiger partial charge >= 0.3 is 0 Å². The summed E-state index contributed by atoms with van der Waals surface area (Å²) >= 11 is 0. The van der Waals surface area contributed by atoms with E-state index < -0.39 is 0 Å². The minimum absolute atomic E-state index is 0.142.